The van der Waals surface area contributed by atoms with E-state index in [2.05, 4.69) is 35.9 Å². The number of carbonyl (C=O) groups excluding carboxylic acids is 1. The highest BCUT2D eigenvalue weighted by atomic mass is 79.9. The van der Waals surface area contributed by atoms with Crippen molar-refractivity contribution >= 4 is 49.4 Å². The lowest BCUT2D eigenvalue weighted by molar-refractivity contribution is -0.111. The predicted octanol–water partition coefficient (Wildman–Crippen LogP) is 4.32. The summed E-state index contributed by atoms with van der Waals surface area (Å²) in [7, 11) is -2.25. The fourth-order valence-electron chi connectivity index (χ4n) is 2.83. The van der Waals surface area contributed by atoms with Gasteiger partial charge in [-0.25, -0.2) is 18.4 Å². The third-order valence-corrected chi connectivity index (χ3v) is 6.23. The van der Waals surface area contributed by atoms with Gasteiger partial charge in [0.25, 0.3) is 10.0 Å². The number of aromatic nitrogens is 2. The summed E-state index contributed by atoms with van der Waals surface area (Å²) in [6, 6.07) is 12.8. The summed E-state index contributed by atoms with van der Waals surface area (Å²) < 4.78 is 33.6. The third kappa shape index (κ3) is 6.14. The Bertz CT molecular complexity index is 1260. The highest BCUT2D eigenvalue weighted by Gasteiger charge is 2.15. The molecule has 32 heavy (non-hydrogen) atoms. The highest BCUT2D eigenvalue weighted by molar-refractivity contribution is 9.10. The molecular weight excluding hydrogens is 496 g/mol. The zero-order valence-corrected chi connectivity index (χ0v) is 20.0. The lowest BCUT2D eigenvalue weighted by Crippen LogP contribution is -2.15. The van der Waals surface area contributed by atoms with Gasteiger partial charge in [0.15, 0.2) is 0 Å². The van der Waals surface area contributed by atoms with Crippen LogP contribution in [0.2, 0.25) is 0 Å². The van der Waals surface area contributed by atoms with Gasteiger partial charge in [-0.3, -0.25) is 9.52 Å². The minimum Gasteiger partial charge on any atom is -0.496 e. The van der Waals surface area contributed by atoms with Crippen molar-refractivity contribution in [2.45, 2.75) is 18.7 Å². The van der Waals surface area contributed by atoms with E-state index in [0.29, 0.717) is 23.0 Å². The number of hydrogen-bond acceptors (Lipinski definition) is 6. The van der Waals surface area contributed by atoms with Gasteiger partial charge >= 0.3 is 0 Å². The molecule has 0 unspecified atom stereocenters. The standard InChI is InChI=1S/C22H21BrN4O4S/c1-14-12-21(25-15(2)24-14)27-32(29,30)18-8-6-17(7-9-18)26-22(28)11-5-16-4-10-20(31-3)19(23)13-16/h4-13H,1-3H3,(H,26,28)(H,24,25,27). The molecule has 0 spiro atoms. The van der Waals surface area contributed by atoms with E-state index >= 15 is 0 Å². The van der Waals surface area contributed by atoms with E-state index in [1.54, 1.807) is 39.2 Å². The minimum atomic E-state index is -3.83. The molecule has 2 aromatic carbocycles. The minimum absolute atomic E-state index is 0.0445. The van der Waals surface area contributed by atoms with E-state index in [9.17, 15) is 13.2 Å². The van der Waals surface area contributed by atoms with Gasteiger partial charge < -0.3 is 10.1 Å². The van der Waals surface area contributed by atoms with E-state index in [4.69, 9.17) is 4.74 Å². The fraction of sp³-hybridized carbons (Fsp3) is 0.136. The van der Waals surface area contributed by atoms with Crippen LogP contribution in [-0.2, 0) is 14.8 Å². The molecule has 0 saturated heterocycles. The molecule has 166 valence electrons. The van der Waals surface area contributed by atoms with E-state index in [0.717, 1.165) is 10.0 Å². The first-order valence-corrected chi connectivity index (χ1v) is 11.7. The van der Waals surface area contributed by atoms with E-state index in [1.807, 2.05) is 12.1 Å². The number of hydrogen-bond donors (Lipinski definition) is 2. The zero-order chi connectivity index (χ0) is 23.3. The quantitative estimate of drug-likeness (QED) is 0.452. The Kier molecular flexibility index (Phi) is 7.26. The van der Waals surface area contributed by atoms with Gasteiger partial charge in [0.05, 0.1) is 16.5 Å². The second-order valence-corrected chi connectivity index (χ2v) is 9.32. The first-order chi connectivity index (χ1) is 15.2. The maximum atomic E-state index is 12.6. The summed E-state index contributed by atoms with van der Waals surface area (Å²) in [4.78, 5) is 20.5. The van der Waals surface area contributed by atoms with Gasteiger partial charge in [-0.2, -0.15) is 0 Å². The van der Waals surface area contributed by atoms with Gasteiger partial charge in [-0.1, -0.05) is 6.07 Å². The summed E-state index contributed by atoms with van der Waals surface area (Å²) in [6.45, 7) is 3.44. The monoisotopic (exact) mass is 516 g/mol. The Morgan fingerprint density at radius 2 is 1.78 bits per heavy atom. The number of amides is 1. The summed E-state index contributed by atoms with van der Waals surface area (Å²) in [5.41, 5.74) is 1.93. The molecule has 1 amide bonds. The van der Waals surface area contributed by atoms with Gasteiger partial charge in [-0.05, 0) is 77.8 Å². The molecule has 1 aromatic heterocycles. The van der Waals surface area contributed by atoms with E-state index < -0.39 is 10.0 Å². The normalized spacial score (nSPS) is 11.4. The van der Waals surface area contributed by atoms with Gasteiger partial charge in [0.1, 0.15) is 17.4 Å². The van der Waals surface area contributed by atoms with Crippen LogP contribution < -0.4 is 14.8 Å². The number of aryl methyl sites for hydroxylation is 2. The summed E-state index contributed by atoms with van der Waals surface area (Å²) in [5.74, 6) is 1.01. The summed E-state index contributed by atoms with van der Waals surface area (Å²) >= 11 is 3.40. The second-order valence-electron chi connectivity index (χ2n) is 6.79. The first-order valence-electron chi connectivity index (χ1n) is 9.44. The summed E-state index contributed by atoms with van der Waals surface area (Å²) in [6.07, 6.45) is 3.05. The van der Waals surface area contributed by atoms with Crippen LogP contribution in [0.25, 0.3) is 6.08 Å². The van der Waals surface area contributed by atoms with Crippen LogP contribution in [0.3, 0.4) is 0 Å². The van der Waals surface area contributed by atoms with Crippen LogP contribution in [0.5, 0.6) is 5.75 Å². The van der Waals surface area contributed by atoms with Crippen molar-refractivity contribution < 1.29 is 17.9 Å². The van der Waals surface area contributed by atoms with Crippen molar-refractivity contribution in [3.8, 4) is 5.75 Å². The van der Waals surface area contributed by atoms with E-state index in [-0.39, 0.29) is 16.6 Å². The molecule has 0 aliphatic heterocycles. The number of sulfonamides is 1. The third-order valence-electron chi connectivity index (χ3n) is 4.24. The molecule has 3 aromatic rings. The maximum Gasteiger partial charge on any atom is 0.263 e. The summed E-state index contributed by atoms with van der Waals surface area (Å²) in [5, 5.41) is 2.69. The molecule has 0 fully saturated rings. The lowest BCUT2D eigenvalue weighted by Gasteiger charge is -2.09. The van der Waals surface area contributed by atoms with Crippen LogP contribution in [0.15, 0.2) is 64.0 Å². The van der Waals surface area contributed by atoms with Gasteiger partial charge in [0.2, 0.25) is 5.91 Å². The topological polar surface area (TPSA) is 110 Å². The molecule has 0 atom stereocenters. The van der Waals surface area contributed by atoms with Gasteiger partial charge in [-0.15, -0.1) is 0 Å². The number of halogens is 1. The highest BCUT2D eigenvalue weighted by Crippen LogP contribution is 2.26. The van der Waals surface area contributed by atoms with Crippen LogP contribution >= 0.6 is 15.9 Å². The number of ether oxygens (including phenoxy) is 1. The van der Waals surface area contributed by atoms with Crippen molar-refractivity contribution in [2.24, 2.45) is 0 Å². The van der Waals surface area contributed by atoms with E-state index in [1.165, 1.54) is 30.3 Å². The van der Waals surface area contributed by atoms with Crippen molar-refractivity contribution in [1.29, 1.82) is 0 Å². The lowest BCUT2D eigenvalue weighted by atomic mass is 10.2. The molecule has 0 bridgehead atoms. The zero-order valence-electron chi connectivity index (χ0n) is 17.6. The van der Waals surface area contributed by atoms with Gasteiger partial charge in [0, 0.05) is 23.5 Å². The molecule has 2 N–H and O–H groups in total. The number of nitrogens with zero attached hydrogens (tertiary/aromatic N) is 2. The smallest absolute Gasteiger partial charge is 0.263 e. The molecule has 10 heteroatoms. The van der Waals surface area contributed by atoms with Crippen LogP contribution in [0.4, 0.5) is 11.5 Å². The van der Waals surface area contributed by atoms with Crippen molar-refractivity contribution in [3.63, 3.8) is 0 Å². The molecule has 0 aliphatic carbocycles. The molecule has 3 rings (SSSR count). The number of carbonyl (C=O) groups is 1. The molecule has 0 radical (unpaired) electrons. The number of anilines is 2. The Morgan fingerprint density at radius 1 is 1.06 bits per heavy atom. The number of benzene rings is 2. The Morgan fingerprint density at radius 3 is 2.41 bits per heavy atom. The van der Waals surface area contributed by atoms with Crippen LogP contribution in [-0.4, -0.2) is 31.4 Å². The maximum absolute atomic E-state index is 12.6. The average molecular weight is 517 g/mol. The molecule has 1 heterocycles. The second kappa shape index (κ2) is 9.92. The number of methoxy groups -OCH3 is 1. The van der Waals surface area contributed by atoms with Crippen molar-refractivity contribution in [1.82, 2.24) is 9.97 Å². The number of rotatable bonds is 7. The largest absolute Gasteiger partial charge is 0.496 e. The average Bonchev–Trinajstić information content (AvgIpc) is 2.71. The molecule has 0 saturated carbocycles. The van der Waals surface area contributed by atoms with Crippen LogP contribution in [0.1, 0.15) is 17.1 Å². The van der Waals surface area contributed by atoms with Crippen molar-refractivity contribution in [3.05, 3.63) is 76.2 Å². The van der Waals surface area contributed by atoms with Crippen molar-refractivity contribution in [2.75, 3.05) is 17.1 Å². The Hall–Kier alpha value is -3.24. The molecule has 8 nitrogen and oxygen atoms in total. The SMILES string of the molecule is COc1ccc(C=CC(=O)Nc2ccc(S(=O)(=O)Nc3cc(C)nc(C)n3)cc2)cc1Br. The fourth-order valence-corrected chi connectivity index (χ4v) is 4.38. The predicted molar refractivity (Wildman–Crippen MR) is 127 cm³/mol. The van der Waals surface area contributed by atoms with Crippen LogP contribution in [0, 0.1) is 13.8 Å². The number of nitrogens with one attached hydrogen (secondary N) is 2. The Balaban J connectivity index is 1.65. The molecule has 0 aliphatic rings. The molecular formula is C22H21BrN4O4S. The Labute approximate surface area is 194 Å². The first kappa shape index (κ1) is 23.4.